The summed E-state index contributed by atoms with van der Waals surface area (Å²) in [6.45, 7) is 2.69. The first-order valence-corrected chi connectivity index (χ1v) is 7.78. The first kappa shape index (κ1) is 15.9. The average molecular weight is 325 g/mol. The van der Waals surface area contributed by atoms with Crippen molar-refractivity contribution >= 4 is 24.0 Å². The predicted molar refractivity (Wildman–Crippen MR) is 91.1 cm³/mol. The van der Waals surface area contributed by atoms with Crippen molar-refractivity contribution in [3.8, 4) is 0 Å². The fourth-order valence-corrected chi connectivity index (χ4v) is 2.58. The van der Waals surface area contributed by atoms with Gasteiger partial charge in [0.2, 0.25) is 12.4 Å². The Labute approximate surface area is 140 Å². The summed E-state index contributed by atoms with van der Waals surface area (Å²) in [5.74, 6) is 0.429. The van der Waals surface area contributed by atoms with E-state index in [1.807, 2.05) is 35.2 Å². The van der Waals surface area contributed by atoms with Crippen molar-refractivity contribution in [2.75, 3.05) is 43.0 Å². The number of piperazine rings is 1. The molecule has 2 aromatic rings. The normalized spacial score (nSPS) is 14.4. The van der Waals surface area contributed by atoms with E-state index in [9.17, 15) is 9.59 Å². The lowest BCUT2D eigenvalue weighted by atomic mass is 10.2. The summed E-state index contributed by atoms with van der Waals surface area (Å²) < 4.78 is 0. The van der Waals surface area contributed by atoms with Crippen LogP contribution in [0.2, 0.25) is 0 Å². The Morgan fingerprint density at radius 2 is 1.71 bits per heavy atom. The van der Waals surface area contributed by atoms with Crippen molar-refractivity contribution in [3.63, 3.8) is 0 Å². The molecule has 1 aromatic carbocycles. The fourth-order valence-electron chi connectivity index (χ4n) is 2.58. The van der Waals surface area contributed by atoms with Crippen LogP contribution in [-0.4, -0.2) is 60.4 Å². The second-order valence-corrected chi connectivity index (χ2v) is 5.60. The van der Waals surface area contributed by atoms with Crippen molar-refractivity contribution in [1.29, 1.82) is 0 Å². The molecule has 0 spiro atoms. The van der Waals surface area contributed by atoms with Gasteiger partial charge in [0.15, 0.2) is 0 Å². The number of carbonyl (C=O) groups is 2. The molecule has 0 aliphatic carbocycles. The minimum Gasteiger partial charge on any atom is -0.342 e. The van der Waals surface area contributed by atoms with Gasteiger partial charge in [-0.3, -0.25) is 9.59 Å². The van der Waals surface area contributed by atoms with E-state index in [2.05, 4.69) is 9.97 Å². The van der Waals surface area contributed by atoms with E-state index in [0.29, 0.717) is 37.7 Å². The summed E-state index contributed by atoms with van der Waals surface area (Å²) in [6.07, 6.45) is 3.96. The smallest absolute Gasteiger partial charge is 0.261 e. The van der Waals surface area contributed by atoms with Crippen LogP contribution in [0.1, 0.15) is 10.4 Å². The van der Waals surface area contributed by atoms with Crippen molar-refractivity contribution in [3.05, 3.63) is 48.3 Å². The third-order valence-corrected chi connectivity index (χ3v) is 4.08. The van der Waals surface area contributed by atoms with E-state index in [4.69, 9.17) is 0 Å². The molecular weight excluding hydrogens is 306 g/mol. The Morgan fingerprint density at radius 1 is 1.08 bits per heavy atom. The monoisotopic (exact) mass is 325 g/mol. The van der Waals surface area contributed by atoms with Crippen LogP contribution in [0.15, 0.2) is 42.7 Å². The Bertz CT molecular complexity index is 697. The van der Waals surface area contributed by atoms with Gasteiger partial charge in [0.05, 0.1) is 5.56 Å². The summed E-state index contributed by atoms with van der Waals surface area (Å²) >= 11 is 0. The van der Waals surface area contributed by atoms with E-state index in [-0.39, 0.29) is 5.91 Å². The number of hydrogen-bond acceptors (Lipinski definition) is 5. The second-order valence-electron chi connectivity index (χ2n) is 5.60. The largest absolute Gasteiger partial charge is 0.342 e. The minimum atomic E-state index is -0.154. The predicted octanol–water partition coefficient (Wildman–Crippen LogP) is 1.03. The average Bonchev–Trinajstić information content (AvgIpc) is 2.68. The molecule has 24 heavy (non-hydrogen) atoms. The van der Waals surface area contributed by atoms with Crippen LogP contribution < -0.4 is 9.80 Å². The van der Waals surface area contributed by atoms with Crippen LogP contribution in [0.4, 0.5) is 11.6 Å². The molecule has 124 valence electrons. The quantitative estimate of drug-likeness (QED) is 0.786. The highest BCUT2D eigenvalue weighted by molar-refractivity contribution is 6.05. The molecule has 0 radical (unpaired) electrons. The lowest BCUT2D eigenvalue weighted by molar-refractivity contribution is -0.118. The lowest BCUT2D eigenvalue weighted by Crippen LogP contribution is -2.46. The maximum absolute atomic E-state index is 12.5. The molecule has 7 heteroatoms. The molecule has 2 heterocycles. The molecule has 1 aromatic heterocycles. The van der Waals surface area contributed by atoms with E-state index in [1.54, 1.807) is 29.2 Å². The van der Waals surface area contributed by atoms with Gasteiger partial charge in [0.1, 0.15) is 0 Å². The van der Waals surface area contributed by atoms with Crippen molar-refractivity contribution in [2.45, 2.75) is 0 Å². The van der Waals surface area contributed by atoms with Gasteiger partial charge in [-0.1, -0.05) is 18.2 Å². The topological polar surface area (TPSA) is 69.6 Å². The maximum Gasteiger partial charge on any atom is 0.261 e. The summed E-state index contributed by atoms with van der Waals surface area (Å²) in [7, 11) is 1.73. The first-order chi connectivity index (χ1) is 11.7. The van der Waals surface area contributed by atoms with Crippen LogP contribution >= 0.6 is 0 Å². The fraction of sp³-hybridized carbons (Fsp3) is 0.294. The zero-order chi connectivity index (χ0) is 16.9. The minimum absolute atomic E-state index is 0.154. The molecule has 0 unspecified atom stereocenters. The standard InChI is InChI=1S/C17H19N5O2/c1-20(15-5-3-2-4-6-15)16(24)14-11-18-17(19-12-14)22-9-7-21(13-23)8-10-22/h2-6,11-13H,7-10H2,1H3. The van der Waals surface area contributed by atoms with Crippen LogP contribution in [0, 0.1) is 0 Å². The van der Waals surface area contributed by atoms with Gasteiger partial charge in [-0.25, -0.2) is 9.97 Å². The molecule has 1 aliphatic heterocycles. The van der Waals surface area contributed by atoms with Crippen LogP contribution in [-0.2, 0) is 4.79 Å². The Morgan fingerprint density at radius 3 is 2.29 bits per heavy atom. The van der Waals surface area contributed by atoms with Crippen LogP contribution in [0.5, 0.6) is 0 Å². The zero-order valence-electron chi connectivity index (χ0n) is 13.5. The van der Waals surface area contributed by atoms with Gasteiger partial charge in [-0.05, 0) is 12.1 Å². The van der Waals surface area contributed by atoms with Gasteiger partial charge < -0.3 is 14.7 Å². The van der Waals surface area contributed by atoms with Crippen LogP contribution in [0.3, 0.4) is 0 Å². The number of anilines is 2. The number of amides is 2. The van der Waals surface area contributed by atoms with Crippen molar-refractivity contribution in [1.82, 2.24) is 14.9 Å². The van der Waals surface area contributed by atoms with Gasteiger partial charge >= 0.3 is 0 Å². The Kier molecular flexibility index (Phi) is 4.69. The zero-order valence-corrected chi connectivity index (χ0v) is 13.5. The van der Waals surface area contributed by atoms with E-state index < -0.39 is 0 Å². The summed E-state index contributed by atoms with van der Waals surface area (Å²) in [4.78, 5) is 37.2. The number of rotatable bonds is 4. The number of para-hydroxylation sites is 1. The summed E-state index contributed by atoms with van der Waals surface area (Å²) in [5, 5.41) is 0. The molecule has 0 N–H and O–H groups in total. The molecule has 0 saturated carbocycles. The number of carbonyl (C=O) groups excluding carboxylic acids is 2. The highest BCUT2D eigenvalue weighted by Gasteiger charge is 2.19. The molecule has 1 aliphatic rings. The van der Waals surface area contributed by atoms with E-state index in [1.165, 1.54) is 0 Å². The summed E-state index contributed by atoms with van der Waals surface area (Å²) in [6, 6.07) is 9.43. The number of aromatic nitrogens is 2. The maximum atomic E-state index is 12.5. The Hall–Kier alpha value is -2.96. The molecule has 0 atom stereocenters. The molecule has 3 rings (SSSR count). The number of benzene rings is 1. The van der Waals surface area contributed by atoms with Gasteiger partial charge in [0, 0.05) is 51.3 Å². The first-order valence-electron chi connectivity index (χ1n) is 7.78. The van der Waals surface area contributed by atoms with Gasteiger partial charge in [0.25, 0.3) is 5.91 Å². The SMILES string of the molecule is CN(C(=O)c1cnc(N2CCN(C=O)CC2)nc1)c1ccccc1. The third kappa shape index (κ3) is 3.34. The second kappa shape index (κ2) is 7.08. The van der Waals surface area contributed by atoms with E-state index in [0.717, 1.165) is 12.1 Å². The van der Waals surface area contributed by atoms with Gasteiger partial charge in [-0.15, -0.1) is 0 Å². The van der Waals surface area contributed by atoms with Crippen molar-refractivity contribution in [2.24, 2.45) is 0 Å². The number of nitrogens with zero attached hydrogens (tertiary/aromatic N) is 5. The molecule has 2 amide bonds. The molecule has 0 bridgehead atoms. The molecule has 1 fully saturated rings. The Balaban J connectivity index is 1.68. The summed E-state index contributed by atoms with van der Waals surface area (Å²) in [5.41, 5.74) is 1.26. The molecular formula is C17H19N5O2. The third-order valence-electron chi connectivity index (χ3n) is 4.08. The number of hydrogen-bond donors (Lipinski definition) is 0. The van der Waals surface area contributed by atoms with Crippen molar-refractivity contribution < 1.29 is 9.59 Å². The molecule has 1 saturated heterocycles. The highest BCUT2D eigenvalue weighted by atomic mass is 16.2. The lowest BCUT2D eigenvalue weighted by Gasteiger charge is -2.32. The van der Waals surface area contributed by atoms with E-state index >= 15 is 0 Å². The highest BCUT2D eigenvalue weighted by Crippen LogP contribution is 2.15. The van der Waals surface area contributed by atoms with Crippen LogP contribution in [0.25, 0.3) is 0 Å². The molecule has 7 nitrogen and oxygen atoms in total. The van der Waals surface area contributed by atoms with Gasteiger partial charge in [-0.2, -0.15) is 0 Å².